The van der Waals surface area contributed by atoms with Gasteiger partial charge < -0.3 is 5.11 Å². The number of carbonyl (C=O) groups is 1. The fourth-order valence-corrected chi connectivity index (χ4v) is 1.51. The molecule has 1 aromatic carbocycles. The number of unbranched alkanes of at least 4 members (excludes halogenated alkanes) is 3. The summed E-state index contributed by atoms with van der Waals surface area (Å²) < 4.78 is 0. The van der Waals surface area contributed by atoms with E-state index in [0.29, 0.717) is 5.56 Å². The van der Waals surface area contributed by atoms with E-state index in [1.165, 1.54) is 0 Å². The van der Waals surface area contributed by atoms with Crippen LogP contribution in [0.25, 0.3) is 0 Å². The van der Waals surface area contributed by atoms with Crippen LogP contribution >= 0.6 is 0 Å². The Hall–Kier alpha value is -1.31. The van der Waals surface area contributed by atoms with Crippen molar-refractivity contribution in [1.82, 2.24) is 0 Å². The highest BCUT2D eigenvalue weighted by Gasteiger charge is 2.02. The lowest BCUT2D eigenvalue weighted by atomic mass is 10.0. The lowest BCUT2D eigenvalue weighted by molar-refractivity contribution is 0.0697. The maximum atomic E-state index is 10.7. The fourth-order valence-electron chi connectivity index (χ4n) is 1.51. The molecule has 0 spiro atoms. The van der Waals surface area contributed by atoms with Crippen molar-refractivity contribution in [3.05, 3.63) is 42.3 Å². The molecule has 80 valence electrons. The van der Waals surface area contributed by atoms with Crippen LogP contribution in [-0.2, 0) is 6.42 Å². The van der Waals surface area contributed by atoms with Crippen molar-refractivity contribution in [3.8, 4) is 0 Å². The van der Waals surface area contributed by atoms with E-state index in [4.69, 9.17) is 12.0 Å². The first-order chi connectivity index (χ1) is 7.24. The highest BCUT2D eigenvalue weighted by atomic mass is 16.4. The molecule has 0 saturated carbocycles. The summed E-state index contributed by atoms with van der Waals surface area (Å²) >= 11 is 0. The summed E-state index contributed by atoms with van der Waals surface area (Å²) in [5, 5.41) is 8.80. The Morgan fingerprint density at radius 1 is 1.27 bits per heavy atom. The Morgan fingerprint density at radius 2 is 2.07 bits per heavy atom. The molecule has 0 amide bonds. The molecular formula is C13H16O2. The van der Waals surface area contributed by atoms with Crippen molar-refractivity contribution >= 4 is 5.97 Å². The Bertz CT molecular complexity index is 318. The number of carboxylic acid groups (broad SMARTS) is 1. The third-order valence-corrected chi connectivity index (χ3v) is 2.34. The summed E-state index contributed by atoms with van der Waals surface area (Å²) in [4.78, 5) is 10.7. The van der Waals surface area contributed by atoms with Gasteiger partial charge in [0.05, 0.1) is 5.56 Å². The number of hydrogen-bond donors (Lipinski definition) is 1. The van der Waals surface area contributed by atoms with Gasteiger partial charge in [-0.2, -0.15) is 0 Å². The van der Waals surface area contributed by atoms with Gasteiger partial charge in [-0.1, -0.05) is 25.0 Å². The summed E-state index contributed by atoms with van der Waals surface area (Å²) in [5.41, 5.74) is 1.46. The van der Waals surface area contributed by atoms with Crippen LogP contribution in [0, 0.1) is 6.92 Å². The standard InChI is InChI=1S/C13H16O2/c1-2-3-4-5-7-11-8-6-9-12(10-11)13(14)15/h1,6,8-10H,2-5,7H2,(H,14,15). The minimum Gasteiger partial charge on any atom is -0.478 e. The molecule has 0 unspecified atom stereocenters. The van der Waals surface area contributed by atoms with E-state index in [0.717, 1.165) is 37.7 Å². The van der Waals surface area contributed by atoms with Gasteiger partial charge in [-0.05, 0) is 43.9 Å². The van der Waals surface area contributed by atoms with Gasteiger partial charge >= 0.3 is 5.97 Å². The van der Waals surface area contributed by atoms with Crippen molar-refractivity contribution in [1.29, 1.82) is 0 Å². The van der Waals surface area contributed by atoms with E-state index in [-0.39, 0.29) is 0 Å². The Kier molecular flexibility index (Phi) is 4.88. The molecule has 0 aliphatic heterocycles. The predicted molar refractivity (Wildman–Crippen MR) is 59.9 cm³/mol. The van der Waals surface area contributed by atoms with Crippen LogP contribution in [0.1, 0.15) is 41.6 Å². The van der Waals surface area contributed by atoms with E-state index in [2.05, 4.69) is 0 Å². The molecule has 1 aromatic rings. The molecule has 0 saturated heterocycles. The molecule has 0 bridgehead atoms. The maximum absolute atomic E-state index is 10.7. The van der Waals surface area contributed by atoms with Crippen LogP contribution in [-0.4, -0.2) is 11.1 Å². The van der Waals surface area contributed by atoms with Crippen LogP contribution in [0.15, 0.2) is 24.3 Å². The smallest absolute Gasteiger partial charge is 0.335 e. The van der Waals surface area contributed by atoms with Crippen LogP contribution in [0.4, 0.5) is 0 Å². The summed E-state index contributed by atoms with van der Waals surface area (Å²) in [5.74, 6) is -0.862. The molecule has 0 aromatic heterocycles. The zero-order valence-corrected chi connectivity index (χ0v) is 8.78. The summed E-state index contributed by atoms with van der Waals surface area (Å²) in [6.07, 6.45) is 4.88. The number of carboxylic acids is 1. The van der Waals surface area contributed by atoms with Crippen molar-refractivity contribution in [2.75, 3.05) is 0 Å². The van der Waals surface area contributed by atoms with Crippen LogP contribution in [0.2, 0.25) is 0 Å². The summed E-state index contributed by atoms with van der Waals surface area (Å²) in [6, 6.07) is 7.12. The molecule has 2 radical (unpaired) electrons. The van der Waals surface area contributed by atoms with Crippen molar-refractivity contribution in [2.24, 2.45) is 0 Å². The first kappa shape index (κ1) is 11.8. The van der Waals surface area contributed by atoms with Crippen LogP contribution < -0.4 is 0 Å². The second-order valence-corrected chi connectivity index (χ2v) is 3.60. The summed E-state index contributed by atoms with van der Waals surface area (Å²) in [6.45, 7) is 5.39. The zero-order chi connectivity index (χ0) is 11.1. The van der Waals surface area contributed by atoms with Crippen molar-refractivity contribution in [3.63, 3.8) is 0 Å². The van der Waals surface area contributed by atoms with Crippen LogP contribution in [0.3, 0.4) is 0 Å². The van der Waals surface area contributed by atoms with Crippen molar-refractivity contribution in [2.45, 2.75) is 32.1 Å². The van der Waals surface area contributed by atoms with Gasteiger partial charge in [0.15, 0.2) is 0 Å². The van der Waals surface area contributed by atoms with E-state index in [9.17, 15) is 4.79 Å². The minimum absolute atomic E-state index is 0.367. The summed E-state index contributed by atoms with van der Waals surface area (Å²) in [7, 11) is 0. The van der Waals surface area contributed by atoms with Crippen LogP contribution in [0.5, 0.6) is 0 Å². The number of benzene rings is 1. The molecule has 15 heavy (non-hydrogen) atoms. The van der Waals surface area contributed by atoms with Gasteiger partial charge in [0.25, 0.3) is 0 Å². The Morgan fingerprint density at radius 3 is 2.73 bits per heavy atom. The lowest BCUT2D eigenvalue weighted by Crippen LogP contribution is -1.97. The normalized spacial score (nSPS) is 10.2. The highest BCUT2D eigenvalue weighted by Crippen LogP contribution is 2.10. The molecular weight excluding hydrogens is 188 g/mol. The Labute approximate surface area is 90.9 Å². The van der Waals surface area contributed by atoms with Crippen molar-refractivity contribution < 1.29 is 9.90 Å². The molecule has 0 heterocycles. The van der Waals surface area contributed by atoms with E-state index < -0.39 is 5.97 Å². The van der Waals surface area contributed by atoms with Gasteiger partial charge in [0, 0.05) is 0 Å². The van der Waals surface area contributed by atoms with E-state index in [1.807, 2.05) is 6.07 Å². The number of aromatic carboxylic acids is 1. The maximum Gasteiger partial charge on any atom is 0.335 e. The van der Waals surface area contributed by atoms with Gasteiger partial charge in [0.2, 0.25) is 0 Å². The molecule has 0 aliphatic rings. The number of hydrogen-bond acceptors (Lipinski definition) is 1. The highest BCUT2D eigenvalue weighted by molar-refractivity contribution is 5.87. The third-order valence-electron chi connectivity index (χ3n) is 2.34. The topological polar surface area (TPSA) is 37.3 Å². The van der Waals surface area contributed by atoms with Gasteiger partial charge in [-0.25, -0.2) is 4.79 Å². The third kappa shape index (κ3) is 4.15. The largest absolute Gasteiger partial charge is 0.478 e. The zero-order valence-electron chi connectivity index (χ0n) is 8.78. The molecule has 1 rings (SSSR count). The molecule has 2 heteroatoms. The lowest BCUT2D eigenvalue weighted by Gasteiger charge is -2.02. The first-order valence-corrected chi connectivity index (χ1v) is 5.26. The van der Waals surface area contributed by atoms with Gasteiger partial charge in [-0.3, -0.25) is 0 Å². The molecule has 0 fully saturated rings. The molecule has 2 nitrogen and oxygen atoms in total. The average Bonchev–Trinajstić information content (AvgIpc) is 2.25. The number of aryl methyl sites for hydroxylation is 1. The quantitative estimate of drug-likeness (QED) is 0.722. The van der Waals surface area contributed by atoms with Gasteiger partial charge in [-0.15, -0.1) is 0 Å². The fraction of sp³-hybridized carbons (Fsp3) is 0.385. The predicted octanol–water partition coefficient (Wildman–Crippen LogP) is 3.20. The van der Waals surface area contributed by atoms with E-state index >= 15 is 0 Å². The first-order valence-electron chi connectivity index (χ1n) is 5.26. The minimum atomic E-state index is -0.862. The molecule has 1 N–H and O–H groups in total. The number of rotatable bonds is 6. The second kappa shape index (κ2) is 6.23. The second-order valence-electron chi connectivity index (χ2n) is 3.60. The molecule has 0 atom stereocenters. The molecule has 0 aliphatic carbocycles. The monoisotopic (exact) mass is 204 g/mol. The SMILES string of the molecule is [CH]CCCCCc1cccc(C(=O)O)c1. The average molecular weight is 204 g/mol. The van der Waals surface area contributed by atoms with E-state index in [1.54, 1.807) is 18.2 Å². The van der Waals surface area contributed by atoms with Gasteiger partial charge in [0.1, 0.15) is 0 Å². The Balaban J connectivity index is 2.47.